The number of aromatic nitrogens is 4. The first-order valence-electron chi connectivity index (χ1n) is 8.41. The zero-order chi connectivity index (χ0) is 17.4. The van der Waals surface area contributed by atoms with Crippen molar-refractivity contribution in [1.29, 1.82) is 0 Å². The van der Waals surface area contributed by atoms with Crippen LogP contribution in [0.5, 0.6) is 5.75 Å². The standard InChI is InChI=1S/C18H21N5O2.ClH/c1-23-11-13(15(21-23)12-7-3-4-8-14(12)24-2)16-20-17(22-25-16)18(19)9-5-6-10-18;/h3-4,7-8,11H,5-6,9-10,19H2,1-2H3;1H. The van der Waals surface area contributed by atoms with Crippen molar-refractivity contribution < 1.29 is 9.26 Å². The summed E-state index contributed by atoms with van der Waals surface area (Å²) in [7, 11) is 3.51. The molecule has 8 heteroatoms. The minimum Gasteiger partial charge on any atom is -0.496 e. The Morgan fingerprint density at radius 2 is 1.92 bits per heavy atom. The molecule has 0 amide bonds. The SMILES string of the molecule is COc1ccccc1-c1nn(C)cc1-c1nc(C2(N)CCCC2)no1.Cl. The fourth-order valence-electron chi connectivity index (χ4n) is 3.45. The molecular formula is C18H22ClN5O2. The summed E-state index contributed by atoms with van der Waals surface area (Å²) in [5.41, 5.74) is 8.36. The van der Waals surface area contributed by atoms with E-state index in [-0.39, 0.29) is 12.4 Å². The molecule has 0 unspecified atom stereocenters. The Balaban J connectivity index is 0.00000196. The number of ether oxygens (including phenoxy) is 1. The second kappa shape index (κ2) is 7.09. The topological polar surface area (TPSA) is 92.0 Å². The Labute approximate surface area is 157 Å². The zero-order valence-corrected chi connectivity index (χ0v) is 15.6. The Morgan fingerprint density at radius 3 is 2.65 bits per heavy atom. The number of hydrogen-bond acceptors (Lipinski definition) is 6. The zero-order valence-electron chi connectivity index (χ0n) is 14.8. The van der Waals surface area contributed by atoms with Gasteiger partial charge >= 0.3 is 0 Å². The molecule has 1 saturated carbocycles. The number of methoxy groups -OCH3 is 1. The molecular weight excluding hydrogens is 354 g/mol. The number of hydrogen-bond donors (Lipinski definition) is 1. The molecule has 1 aromatic carbocycles. The van der Waals surface area contributed by atoms with Crippen molar-refractivity contribution in [2.75, 3.05) is 7.11 Å². The van der Waals surface area contributed by atoms with Crippen molar-refractivity contribution in [3.8, 4) is 28.5 Å². The van der Waals surface area contributed by atoms with Gasteiger partial charge in [-0.15, -0.1) is 12.4 Å². The van der Waals surface area contributed by atoms with Crippen LogP contribution < -0.4 is 10.5 Å². The van der Waals surface area contributed by atoms with E-state index in [0.717, 1.165) is 48.3 Å². The summed E-state index contributed by atoms with van der Waals surface area (Å²) in [6.07, 6.45) is 5.84. The summed E-state index contributed by atoms with van der Waals surface area (Å²) >= 11 is 0. The van der Waals surface area contributed by atoms with Gasteiger partial charge in [-0.25, -0.2) is 0 Å². The summed E-state index contributed by atoms with van der Waals surface area (Å²) < 4.78 is 12.7. The fraction of sp³-hybridized carbons (Fsp3) is 0.389. The lowest BCUT2D eigenvalue weighted by atomic mass is 9.98. The Kier molecular flexibility index (Phi) is 5.02. The smallest absolute Gasteiger partial charge is 0.261 e. The van der Waals surface area contributed by atoms with Crippen molar-refractivity contribution in [1.82, 2.24) is 19.9 Å². The van der Waals surface area contributed by atoms with Gasteiger partial charge in [0.05, 0.1) is 18.2 Å². The average molecular weight is 376 g/mol. The highest BCUT2D eigenvalue weighted by Gasteiger charge is 2.36. The van der Waals surface area contributed by atoms with Crippen LogP contribution in [0.15, 0.2) is 35.0 Å². The lowest BCUT2D eigenvalue weighted by Crippen LogP contribution is -2.34. The van der Waals surface area contributed by atoms with Gasteiger partial charge in [0.2, 0.25) is 0 Å². The number of nitrogens with zero attached hydrogens (tertiary/aromatic N) is 4. The van der Waals surface area contributed by atoms with Crippen molar-refractivity contribution in [2.24, 2.45) is 12.8 Å². The van der Waals surface area contributed by atoms with Crippen LogP contribution >= 0.6 is 12.4 Å². The van der Waals surface area contributed by atoms with Crippen molar-refractivity contribution >= 4 is 12.4 Å². The van der Waals surface area contributed by atoms with Crippen LogP contribution in [0.1, 0.15) is 31.5 Å². The van der Waals surface area contributed by atoms with Gasteiger partial charge in [0.15, 0.2) is 5.82 Å². The molecule has 1 aliphatic rings. The molecule has 26 heavy (non-hydrogen) atoms. The van der Waals surface area contributed by atoms with Gasteiger partial charge in [-0.3, -0.25) is 4.68 Å². The molecule has 0 atom stereocenters. The summed E-state index contributed by atoms with van der Waals surface area (Å²) in [5.74, 6) is 1.75. The van der Waals surface area contributed by atoms with Gasteiger partial charge in [0.25, 0.3) is 5.89 Å². The van der Waals surface area contributed by atoms with E-state index in [1.165, 1.54) is 0 Å². The third-order valence-corrected chi connectivity index (χ3v) is 4.79. The Hall–Kier alpha value is -2.38. The van der Waals surface area contributed by atoms with E-state index < -0.39 is 5.54 Å². The van der Waals surface area contributed by atoms with Crippen molar-refractivity contribution in [3.63, 3.8) is 0 Å². The first-order valence-corrected chi connectivity index (χ1v) is 8.41. The summed E-state index contributed by atoms with van der Waals surface area (Å²) in [5, 5.41) is 8.72. The molecule has 7 nitrogen and oxygen atoms in total. The van der Waals surface area contributed by atoms with E-state index in [1.807, 2.05) is 37.5 Å². The van der Waals surface area contributed by atoms with E-state index in [9.17, 15) is 0 Å². The van der Waals surface area contributed by atoms with E-state index >= 15 is 0 Å². The predicted octanol–water partition coefficient (Wildman–Crippen LogP) is 3.30. The maximum absolute atomic E-state index is 6.45. The van der Waals surface area contributed by atoms with Crippen LogP contribution in [0, 0.1) is 0 Å². The molecule has 1 fully saturated rings. The molecule has 0 spiro atoms. The first-order chi connectivity index (χ1) is 12.1. The molecule has 3 aromatic rings. The van der Waals surface area contributed by atoms with E-state index in [2.05, 4.69) is 15.2 Å². The number of halogens is 1. The first kappa shape index (κ1) is 18.4. The molecule has 2 aromatic heterocycles. The van der Waals surface area contributed by atoms with Gasteiger partial charge < -0.3 is 15.0 Å². The molecule has 1 aliphatic carbocycles. The third-order valence-electron chi connectivity index (χ3n) is 4.79. The highest BCUT2D eigenvalue weighted by atomic mass is 35.5. The van der Waals surface area contributed by atoms with Gasteiger partial charge in [-0.2, -0.15) is 10.1 Å². The molecule has 0 radical (unpaired) electrons. The third kappa shape index (κ3) is 3.08. The normalized spacial score (nSPS) is 15.7. The number of benzene rings is 1. The van der Waals surface area contributed by atoms with Gasteiger partial charge in [0, 0.05) is 18.8 Å². The van der Waals surface area contributed by atoms with Gasteiger partial charge in [-0.05, 0) is 25.0 Å². The number of rotatable bonds is 4. The summed E-state index contributed by atoms with van der Waals surface area (Å²) in [6.45, 7) is 0. The second-order valence-corrected chi connectivity index (χ2v) is 6.55. The molecule has 0 bridgehead atoms. The predicted molar refractivity (Wildman–Crippen MR) is 100 cm³/mol. The Morgan fingerprint density at radius 1 is 1.19 bits per heavy atom. The highest BCUT2D eigenvalue weighted by molar-refractivity contribution is 5.85. The van der Waals surface area contributed by atoms with Gasteiger partial charge in [-0.1, -0.05) is 30.1 Å². The number of aryl methyl sites for hydroxylation is 1. The monoisotopic (exact) mass is 375 g/mol. The van der Waals surface area contributed by atoms with Crippen LogP contribution in [0.3, 0.4) is 0 Å². The molecule has 0 saturated heterocycles. The quantitative estimate of drug-likeness (QED) is 0.752. The van der Waals surface area contributed by atoms with Crippen molar-refractivity contribution in [3.05, 3.63) is 36.3 Å². The van der Waals surface area contributed by atoms with Crippen LogP contribution in [-0.2, 0) is 12.6 Å². The van der Waals surface area contributed by atoms with Crippen LogP contribution in [-0.4, -0.2) is 27.0 Å². The molecule has 2 N–H and O–H groups in total. The van der Waals surface area contributed by atoms with Crippen LogP contribution in [0.4, 0.5) is 0 Å². The van der Waals surface area contributed by atoms with Gasteiger partial charge in [0.1, 0.15) is 11.4 Å². The van der Waals surface area contributed by atoms with Crippen LogP contribution in [0.25, 0.3) is 22.7 Å². The molecule has 4 rings (SSSR count). The molecule has 138 valence electrons. The Bertz CT molecular complexity index is 899. The maximum Gasteiger partial charge on any atom is 0.261 e. The minimum atomic E-state index is -0.478. The number of para-hydroxylation sites is 1. The van der Waals surface area contributed by atoms with Crippen LogP contribution in [0.2, 0.25) is 0 Å². The lowest BCUT2D eigenvalue weighted by molar-refractivity contribution is 0.372. The maximum atomic E-state index is 6.45. The van der Waals surface area contributed by atoms with E-state index in [0.29, 0.717) is 11.7 Å². The molecule has 2 heterocycles. The lowest BCUT2D eigenvalue weighted by Gasteiger charge is -2.17. The molecule has 0 aliphatic heterocycles. The second-order valence-electron chi connectivity index (χ2n) is 6.55. The highest BCUT2D eigenvalue weighted by Crippen LogP contribution is 2.38. The summed E-state index contributed by atoms with van der Waals surface area (Å²) in [4.78, 5) is 4.59. The number of nitrogens with two attached hydrogens (primary N) is 1. The largest absolute Gasteiger partial charge is 0.496 e. The van der Waals surface area contributed by atoms with E-state index in [1.54, 1.807) is 11.8 Å². The van der Waals surface area contributed by atoms with E-state index in [4.69, 9.17) is 15.0 Å². The average Bonchev–Trinajstić information content (AvgIpc) is 3.34. The summed E-state index contributed by atoms with van der Waals surface area (Å²) in [6, 6.07) is 7.74. The van der Waals surface area contributed by atoms with Crippen molar-refractivity contribution in [2.45, 2.75) is 31.2 Å². The fourth-order valence-corrected chi connectivity index (χ4v) is 3.45. The minimum absolute atomic E-state index is 0.